The first kappa shape index (κ1) is 20.5. The summed E-state index contributed by atoms with van der Waals surface area (Å²) in [7, 11) is 0. The smallest absolute Gasteiger partial charge is 0.289 e. The van der Waals surface area contributed by atoms with Gasteiger partial charge in [-0.25, -0.2) is 4.39 Å². The predicted octanol–water partition coefficient (Wildman–Crippen LogP) is 3.65. The van der Waals surface area contributed by atoms with Crippen molar-refractivity contribution in [1.82, 2.24) is 9.80 Å². The Hall–Kier alpha value is -3.45. The molecule has 0 bridgehead atoms. The second-order valence-corrected chi connectivity index (χ2v) is 8.22. The van der Waals surface area contributed by atoms with Gasteiger partial charge >= 0.3 is 0 Å². The van der Waals surface area contributed by atoms with E-state index in [0.29, 0.717) is 31.8 Å². The minimum atomic E-state index is -0.259. The number of furan rings is 1. The Labute approximate surface area is 185 Å². The average Bonchev–Trinajstić information content (AvgIpc) is 3.50. The molecule has 2 aliphatic rings. The summed E-state index contributed by atoms with van der Waals surface area (Å²) in [5, 5.41) is 0. The van der Waals surface area contributed by atoms with E-state index in [1.54, 1.807) is 29.2 Å². The van der Waals surface area contributed by atoms with Gasteiger partial charge in [-0.15, -0.1) is 0 Å². The number of rotatable bonds is 4. The van der Waals surface area contributed by atoms with Gasteiger partial charge in [0.2, 0.25) is 5.91 Å². The zero-order valence-corrected chi connectivity index (χ0v) is 17.6. The lowest BCUT2D eigenvalue weighted by Gasteiger charge is -2.37. The van der Waals surface area contributed by atoms with Gasteiger partial charge in [0.05, 0.1) is 6.26 Å². The number of amides is 2. The Morgan fingerprint density at radius 3 is 2.19 bits per heavy atom. The fraction of sp³-hybridized carbons (Fsp3) is 0.280. The summed E-state index contributed by atoms with van der Waals surface area (Å²) in [4.78, 5) is 31.1. The zero-order chi connectivity index (χ0) is 22.1. The number of piperazine rings is 1. The number of carbonyl (C=O) groups is 2. The molecule has 3 heterocycles. The Kier molecular flexibility index (Phi) is 5.49. The first-order valence-electron chi connectivity index (χ1n) is 10.8. The maximum Gasteiger partial charge on any atom is 0.289 e. The van der Waals surface area contributed by atoms with E-state index in [1.807, 2.05) is 29.2 Å². The van der Waals surface area contributed by atoms with Crippen LogP contribution in [0, 0.1) is 5.82 Å². The van der Waals surface area contributed by atoms with Crippen molar-refractivity contribution in [3.05, 3.63) is 78.5 Å². The second kappa shape index (κ2) is 8.59. The van der Waals surface area contributed by atoms with Crippen LogP contribution in [-0.4, -0.2) is 60.4 Å². The Morgan fingerprint density at radius 2 is 1.56 bits per heavy atom. The molecule has 2 aliphatic heterocycles. The molecule has 164 valence electrons. The van der Waals surface area contributed by atoms with E-state index < -0.39 is 0 Å². The largest absolute Gasteiger partial charge is 0.459 e. The molecule has 6 nitrogen and oxygen atoms in total. The number of carbonyl (C=O) groups excluding carboxylic acids is 2. The van der Waals surface area contributed by atoms with Crippen molar-refractivity contribution >= 4 is 17.5 Å². The molecular formula is C25H24FN3O3. The summed E-state index contributed by atoms with van der Waals surface area (Å²) >= 11 is 0. The van der Waals surface area contributed by atoms with Crippen molar-refractivity contribution in [2.45, 2.75) is 12.5 Å². The second-order valence-electron chi connectivity index (χ2n) is 8.22. The highest BCUT2D eigenvalue weighted by Gasteiger charge is 2.36. The van der Waals surface area contributed by atoms with Crippen LogP contribution >= 0.6 is 0 Å². The topological polar surface area (TPSA) is 57.0 Å². The molecule has 0 radical (unpaired) electrons. The van der Waals surface area contributed by atoms with E-state index in [2.05, 4.69) is 4.90 Å². The van der Waals surface area contributed by atoms with Gasteiger partial charge in [-0.1, -0.05) is 24.3 Å². The molecule has 5 rings (SSSR count). The maximum atomic E-state index is 13.2. The molecular weight excluding hydrogens is 409 g/mol. The number of halogens is 1. The van der Waals surface area contributed by atoms with Crippen LogP contribution in [-0.2, 0) is 4.79 Å². The molecule has 1 unspecified atom stereocenters. The molecule has 2 amide bonds. The highest BCUT2D eigenvalue weighted by molar-refractivity contribution is 5.96. The van der Waals surface area contributed by atoms with E-state index in [-0.39, 0.29) is 23.7 Å². The van der Waals surface area contributed by atoms with Crippen LogP contribution in [0.3, 0.4) is 0 Å². The maximum absolute atomic E-state index is 13.2. The van der Waals surface area contributed by atoms with E-state index in [4.69, 9.17) is 4.42 Å². The van der Waals surface area contributed by atoms with Crippen LogP contribution in [0.2, 0.25) is 0 Å². The molecule has 32 heavy (non-hydrogen) atoms. The number of benzene rings is 2. The Balaban J connectivity index is 1.20. The first-order chi connectivity index (χ1) is 15.6. The van der Waals surface area contributed by atoms with Crippen molar-refractivity contribution in [3.8, 4) is 11.1 Å². The van der Waals surface area contributed by atoms with Crippen molar-refractivity contribution in [2.24, 2.45) is 0 Å². The fourth-order valence-corrected chi connectivity index (χ4v) is 4.51. The van der Waals surface area contributed by atoms with Crippen LogP contribution in [0.4, 0.5) is 10.1 Å². The third kappa shape index (κ3) is 4.03. The molecule has 0 aliphatic carbocycles. The van der Waals surface area contributed by atoms with Crippen LogP contribution in [0.15, 0.2) is 71.3 Å². The highest BCUT2D eigenvalue weighted by atomic mass is 19.1. The minimum Gasteiger partial charge on any atom is -0.459 e. The molecule has 0 N–H and O–H groups in total. The summed E-state index contributed by atoms with van der Waals surface area (Å²) in [5.41, 5.74) is 2.79. The normalized spacial score (nSPS) is 19.5. The lowest BCUT2D eigenvalue weighted by Crippen LogP contribution is -2.52. The lowest BCUT2D eigenvalue weighted by molar-refractivity contribution is -0.117. The third-order valence-electron chi connectivity index (χ3n) is 6.31. The minimum absolute atomic E-state index is 0.0833. The van der Waals surface area contributed by atoms with Gasteiger partial charge in [0.15, 0.2) is 5.76 Å². The molecule has 7 heteroatoms. The molecule has 2 aromatic carbocycles. The van der Waals surface area contributed by atoms with Crippen LogP contribution < -0.4 is 4.90 Å². The summed E-state index contributed by atoms with van der Waals surface area (Å²) in [6.45, 7) is 3.36. The molecule has 2 saturated heterocycles. The quantitative estimate of drug-likeness (QED) is 0.630. The molecule has 0 spiro atoms. The van der Waals surface area contributed by atoms with Crippen LogP contribution in [0.5, 0.6) is 0 Å². The molecule has 0 saturated carbocycles. The molecule has 2 fully saturated rings. The third-order valence-corrected chi connectivity index (χ3v) is 6.31. The summed E-state index contributed by atoms with van der Waals surface area (Å²) in [5.74, 6) is 0.133. The summed E-state index contributed by atoms with van der Waals surface area (Å²) < 4.78 is 18.4. The molecule has 1 atom stereocenters. The van der Waals surface area contributed by atoms with Crippen LogP contribution in [0.1, 0.15) is 17.0 Å². The van der Waals surface area contributed by atoms with E-state index in [0.717, 1.165) is 29.9 Å². The van der Waals surface area contributed by atoms with Gasteiger partial charge < -0.3 is 14.2 Å². The number of nitrogens with zero attached hydrogens (tertiary/aromatic N) is 3. The highest BCUT2D eigenvalue weighted by Crippen LogP contribution is 2.28. The lowest BCUT2D eigenvalue weighted by atomic mass is 10.1. The first-order valence-corrected chi connectivity index (χ1v) is 10.8. The van der Waals surface area contributed by atoms with Gasteiger partial charge in [0, 0.05) is 50.9 Å². The number of hydrogen-bond donors (Lipinski definition) is 0. The summed E-state index contributed by atoms with van der Waals surface area (Å²) in [6, 6.07) is 17.7. The summed E-state index contributed by atoms with van der Waals surface area (Å²) in [6.07, 6.45) is 1.99. The average molecular weight is 433 g/mol. The molecule has 3 aromatic rings. The van der Waals surface area contributed by atoms with E-state index in [1.165, 1.54) is 18.4 Å². The standard InChI is InChI=1S/C25H24FN3O3/c26-20-7-3-18(4-8-20)19-5-9-21(10-6-19)29-17-22(16-24(29)30)27-11-13-28(14-12-27)25(31)23-2-1-15-32-23/h1-10,15,22H,11-14,16-17H2. The Bertz CT molecular complexity index is 1090. The van der Waals surface area contributed by atoms with Gasteiger partial charge in [-0.2, -0.15) is 0 Å². The van der Waals surface area contributed by atoms with Crippen LogP contribution in [0.25, 0.3) is 11.1 Å². The van der Waals surface area contributed by atoms with E-state index >= 15 is 0 Å². The van der Waals surface area contributed by atoms with Crippen molar-refractivity contribution in [1.29, 1.82) is 0 Å². The number of anilines is 1. The monoisotopic (exact) mass is 433 g/mol. The predicted molar refractivity (Wildman–Crippen MR) is 119 cm³/mol. The SMILES string of the molecule is O=C(c1ccco1)N1CCN(C2CC(=O)N(c3ccc(-c4ccc(F)cc4)cc3)C2)CC1. The van der Waals surface area contributed by atoms with Gasteiger partial charge in [-0.3, -0.25) is 14.5 Å². The van der Waals surface area contributed by atoms with Gasteiger partial charge in [0.25, 0.3) is 5.91 Å². The van der Waals surface area contributed by atoms with Gasteiger partial charge in [0.1, 0.15) is 5.82 Å². The van der Waals surface area contributed by atoms with E-state index in [9.17, 15) is 14.0 Å². The van der Waals surface area contributed by atoms with Crippen molar-refractivity contribution in [3.63, 3.8) is 0 Å². The zero-order valence-electron chi connectivity index (χ0n) is 17.6. The van der Waals surface area contributed by atoms with Gasteiger partial charge in [-0.05, 0) is 47.5 Å². The van der Waals surface area contributed by atoms with Crippen molar-refractivity contribution in [2.75, 3.05) is 37.6 Å². The fourth-order valence-electron chi connectivity index (χ4n) is 4.51. The Morgan fingerprint density at radius 1 is 0.906 bits per heavy atom. The number of hydrogen-bond acceptors (Lipinski definition) is 4. The van der Waals surface area contributed by atoms with Crippen molar-refractivity contribution < 1.29 is 18.4 Å². The molecule has 1 aromatic heterocycles.